The molecule has 132 valence electrons. The molecule has 1 saturated heterocycles. The van der Waals surface area contributed by atoms with E-state index in [1.807, 2.05) is 18.2 Å². The van der Waals surface area contributed by atoms with Crippen molar-refractivity contribution in [1.29, 1.82) is 0 Å². The molecule has 0 saturated carbocycles. The standard InChI is InChI=1S/C20H16ClNO3Se/c21-12-4-3-5-13(10-12)26-20-17(16-11-22-8-9-25-16)18(23)14-6-1-2-7-15(14)19(20)24/h1-7,10,16,22H,8-9,11H2. The molecule has 0 aromatic heterocycles. The number of carbonyl (C=O) groups is 2. The van der Waals surface area contributed by atoms with Crippen molar-refractivity contribution in [3.63, 3.8) is 0 Å². The van der Waals surface area contributed by atoms with E-state index in [0.717, 1.165) is 11.0 Å². The van der Waals surface area contributed by atoms with Crippen molar-refractivity contribution in [2.24, 2.45) is 0 Å². The molecule has 4 rings (SSSR count). The molecule has 1 aliphatic heterocycles. The van der Waals surface area contributed by atoms with E-state index in [-0.39, 0.29) is 26.5 Å². The first-order chi connectivity index (χ1) is 12.6. The maximum atomic E-state index is 13.2. The van der Waals surface area contributed by atoms with Gasteiger partial charge in [-0.3, -0.25) is 0 Å². The molecular formula is C20H16ClNO3Se. The molecule has 1 atom stereocenters. The predicted octanol–water partition coefficient (Wildman–Crippen LogP) is 1.99. The number of fused-ring (bicyclic) bond motifs is 1. The Hall–Kier alpha value is -1.75. The van der Waals surface area contributed by atoms with E-state index in [1.165, 1.54) is 0 Å². The van der Waals surface area contributed by atoms with Gasteiger partial charge in [0.25, 0.3) is 0 Å². The summed E-state index contributed by atoms with van der Waals surface area (Å²) >= 11 is 5.77. The molecule has 2 aromatic rings. The number of rotatable bonds is 3. The zero-order chi connectivity index (χ0) is 18.1. The van der Waals surface area contributed by atoms with Crippen molar-refractivity contribution in [3.05, 3.63) is 74.7 Å². The van der Waals surface area contributed by atoms with E-state index >= 15 is 0 Å². The molecule has 26 heavy (non-hydrogen) atoms. The van der Waals surface area contributed by atoms with Crippen LogP contribution in [0.5, 0.6) is 0 Å². The summed E-state index contributed by atoms with van der Waals surface area (Å²) in [4.78, 5) is 26.4. The third-order valence-corrected chi connectivity index (χ3v) is 6.92. The van der Waals surface area contributed by atoms with E-state index in [4.69, 9.17) is 16.3 Å². The van der Waals surface area contributed by atoms with Crippen molar-refractivity contribution >= 4 is 42.6 Å². The number of nitrogens with one attached hydrogen (secondary N) is 1. The summed E-state index contributed by atoms with van der Waals surface area (Å²) in [5.74, 6) is -0.183. The first-order valence-electron chi connectivity index (χ1n) is 8.33. The fourth-order valence-corrected chi connectivity index (χ4v) is 5.82. The summed E-state index contributed by atoms with van der Waals surface area (Å²) in [6.07, 6.45) is -0.399. The molecule has 2 aromatic carbocycles. The zero-order valence-corrected chi connectivity index (χ0v) is 16.3. The first-order valence-corrected chi connectivity index (χ1v) is 10.4. The fraction of sp³-hybridized carbons (Fsp3) is 0.200. The SMILES string of the molecule is O=C1C([Se]c2cccc(Cl)c2)=C(C2CNCCO2)C(=O)c2ccccc21. The summed E-state index contributed by atoms with van der Waals surface area (Å²) in [5, 5.41) is 3.87. The van der Waals surface area contributed by atoms with Crippen molar-refractivity contribution in [1.82, 2.24) is 5.32 Å². The van der Waals surface area contributed by atoms with E-state index in [1.54, 1.807) is 30.3 Å². The number of hydrogen-bond donors (Lipinski definition) is 1. The van der Waals surface area contributed by atoms with Crippen LogP contribution in [0.15, 0.2) is 58.6 Å². The van der Waals surface area contributed by atoms with Gasteiger partial charge in [-0.1, -0.05) is 0 Å². The molecule has 4 nitrogen and oxygen atoms in total. The van der Waals surface area contributed by atoms with Crippen molar-refractivity contribution in [2.75, 3.05) is 19.7 Å². The molecule has 0 spiro atoms. The fourth-order valence-electron chi connectivity index (χ4n) is 3.16. The van der Waals surface area contributed by atoms with Crippen molar-refractivity contribution in [2.45, 2.75) is 6.10 Å². The Balaban J connectivity index is 1.82. The van der Waals surface area contributed by atoms with Gasteiger partial charge in [0.15, 0.2) is 0 Å². The summed E-state index contributed by atoms with van der Waals surface area (Å²) in [7, 11) is 0. The summed E-state index contributed by atoms with van der Waals surface area (Å²) in [6.45, 7) is 1.80. The van der Waals surface area contributed by atoms with Gasteiger partial charge in [-0.2, -0.15) is 0 Å². The summed E-state index contributed by atoms with van der Waals surface area (Å²) in [6, 6.07) is 14.5. The van der Waals surface area contributed by atoms with E-state index in [0.29, 0.717) is 39.3 Å². The Morgan fingerprint density at radius 1 is 1.04 bits per heavy atom. The van der Waals surface area contributed by atoms with Gasteiger partial charge in [0.05, 0.1) is 0 Å². The quantitative estimate of drug-likeness (QED) is 0.754. The molecule has 2 aliphatic rings. The minimum atomic E-state index is -0.399. The van der Waals surface area contributed by atoms with Gasteiger partial charge in [0.1, 0.15) is 0 Å². The van der Waals surface area contributed by atoms with Gasteiger partial charge < -0.3 is 0 Å². The van der Waals surface area contributed by atoms with Crippen LogP contribution < -0.4 is 9.78 Å². The number of benzene rings is 2. The number of halogens is 1. The Labute approximate surface area is 162 Å². The van der Waals surface area contributed by atoms with Gasteiger partial charge in [-0.15, -0.1) is 0 Å². The van der Waals surface area contributed by atoms with Gasteiger partial charge in [-0.05, 0) is 0 Å². The predicted molar refractivity (Wildman–Crippen MR) is 102 cm³/mol. The zero-order valence-electron chi connectivity index (χ0n) is 13.8. The molecule has 1 fully saturated rings. The number of ether oxygens (including phenoxy) is 1. The van der Waals surface area contributed by atoms with Gasteiger partial charge >= 0.3 is 163 Å². The van der Waals surface area contributed by atoms with Gasteiger partial charge in [0.2, 0.25) is 0 Å². The average molecular weight is 433 g/mol. The van der Waals surface area contributed by atoms with Crippen LogP contribution in [-0.2, 0) is 4.74 Å². The number of carbonyl (C=O) groups excluding carboxylic acids is 2. The molecule has 0 amide bonds. The number of ketones is 2. The van der Waals surface area contributed by atoms with Gasteiger partial charge in [-0.25, -0.2) is 0 Å². The third-order valence-electron chi connectivity index (χ3n) is 4.38. The van der Waals surface area contributed by atoms with Crippen LogP contribution in [-0.4, -0.2) is 52.3 Å². The van der Waals surface area contributed by atoms with E-state index < -0.39 is 6.10 Å². The summed E-state index contributed by atoms with van der Waals surface area (Å²) < 4.78 is 7.36. The van der Waals surface area contributed by atoms with Crippen molar-refractivity contribution in [3.8, 4) is 0 Å². The third kappa shape index (κ3) is 3.29. The Morgan fingerprint density at radius 3 is 2.50 bits per heavy atom. The molecule has 1 heterocycles. The van der Waals surface area contributed by atoms with Crippen LogP contribution in [0.3, 0.4) is 0 Å². The topological polar surface area (TPSA) is 55.4 Å². The van der Waals surface area contributed by atoms with Crippen LogP contribution in [0.25, 0.3) is 0 Å². The van der Waals surface area contributed by atoms with E-state index in [9.17, 15) is 9.59 Å². The number of morpholine rings is 1. The molecule has 1 unspecified atom stereocenters. The van der Waals surface area contributed by atoms with Crippen LogP contribution >= 0.6 is 11.6 Å². The summed E-state index contributed by atoms with van der Waals surface area (Å²) in [5.41, 5.74) is 1.44. The Bertz CT molecular complexity index is 919. The second-order valence-corrected chi connectivity index (χ2v) is 8.78. The molecular weight excluding hydrogens is 417 g/mol. The second-order valence-electron chi connectivity index (χ2n) is 6.07. The van der Waals surface area contributed by atoms with Crippen LogP contribution in [0.1, 0.15) is 20.7 Å². The molecule has 6 heteroatoms. The Morgan fingerprint density at radius 2 is 1.81 bits per heavy atom. The van der Waals surface area contributed by atoms with E-state index in [2.05, 4.69) is 5.32 Å². The molecule has 0 radical (unpaired) electrons. The minimum absolute atomic E-state index is 0.0793. The normalized spacial score (nSPS) is 20.3. The number of hydrogen-bond acceptors (Lipinski definition) is 4. The van der Waals surface area contributed by atoms with Crippen LogP contribution in [0.4, 0.5) is 0 Å². The number of Topliss-reactive ketones (excluding diaryl/α,β-unsaturated/α-hetero) is 2. The Kier molecular flexibility index (Phi) is 5.07. The van der Waals surface area contributed by atoms with Gasteiger partial charge in [0, 0.05) is 0 Å². The average Bonchev–Trinajstić information content (AvgIpc) is 2.67. The van der Waals surface area contributed by atoms with Crippen LogP contribution in [0, 0.1) is 0 Å². The maximum absolute atomic E-state index is 13.2. The molecule has 0 bridgehead atoms. The monoisotopic (exact) mass is 433 g/mol. The van der Waals surface area contributed by atoms with Crippen LogP contribution in [0.2, 0.25) is 5.02 Å². The number of allylic oxidation sites excluding steroid dienone is 1. The molecule has 1 N–H and O–H groups in total. The van der Waals surface area contributed by atoms with Crippen molar-refractivity contribution < 1.29 is 14.3 Å². The first kappa shape index (κ1) is 17.7. The second kappa shape index (κ2) is 7.47. The molecule has 1 aliphatic carbocycles.